The molecule has 38 heavy (non-hydrogen) atoms. The summed E-state index contributed by atoms with van der Waals surface area (Å²) >= 11 is 3.51. The second-order valence-electron chi connectivity index (χ2n) is 10.7. The molecule has 0 unspecified atom stereocenters. The number of likely N-dealkylation sites (N-methyl/N-ethyl adjacent to an activating group) is 1. The van der Waals surface area contributed by atoms with E-state index in [9.17, 15) is 9.59 Å². The first-order valence-electron chi connectivity index (χ1n) is 13.5. The summed E-state index contributed by atoms with van der Waals surface area (Å²) in [6, 6.07) is 14.2. The van der Waals surface area contributed by atoms with Crippen molar-refractivity contribution in [1.29, 1.82) is 0 Å². The Bertz CT molecular complexity index is 1140. The number of nitrogens with zero attached hydrogens (tertiary/aromatic N) is 3. The minimum atomic E-state index is -0.200. The number of carbonyl (C=O) groups excluding carboxylic acids is 2. The molecular weight excluding hydrogens is 544 g/mol. The summed E-state index contributed by atoms with van der Waals surface area (Å²) in [4.78, 5) is 35.0. The molecule has 7 nitrogen and oxygen atoms in total. The Morgan fingerprint density at radius 1 is 1.03 bits per heavy atom. The quantitative estimate of drug-likeness (QED) is 0.370. The summed E-state index contributed by atoms with van der Waals surface area (Å²) in [5.41, 5.74) is 4.96. The SMILES string of the molecule is CNC(=O)CO/N=C(/c1ccc(Br)cc1)C1CCN(C2(C)CCN(C(=O)c3c(C)cccc3C)CC2)CC1. The van der Waals surface area contributed by atoms with Crippen molar-refractivity contribution < 1.29 is 14.4 Å². The highest BCUT2D eigenvalue weighted by Gasteiger charge is 2.39. The van der Waals surface area contributed by atoms with Gasteiger partial charge in [-0.3, -0.25) is 14.5 Å². The lowest BCUT2D eigenvalue weighted by atomic mass is 9.82. The van der Waals surface area contributed by atoms with E-state index < -0.39 is 0 Å². The van der Waals surface area contributed by atoms with Crippen LogP contribution in [0.25, 0.3) is 0 Å². The van der Waals surface area contributed by atoms with Crippen molar-refractivity contribution >= 4 is 33.5 Å². The Morgan fingerprint density at radius 2 is 1.63 bits per heavy atom. The van der Waals surface area contributed by atoms with Gasteiger partial charge in [-0.15, -0.1) is 0 Å². The van der Waals surface area contributed by atoms with E-state index in [1.165, 1.54) is 0 Å². The van der Waals surface area contributed by atoms with Crippen molar-refractivity contribution in [3.63, 3.8) is 0 Å². The summed E-state index contributed by atoms with van der Waals surface area (Å²) in [7, 11) is 1.59. The van der Waals surface area contributed by atoms with Crippen molar-refractivity contribution in [2.75, 3.05) is 39.8 Å². The molecule has 204 valence electrons. The van der Waals surface area contributed by atoms with Crippen LogP contribution in [0.15, 0.2) is 52.1 Å². The minimum Gasteiger partial charge on any atom is -0.385 e. The zero-order valence-electron chi connectivity index (χ0n) is 22.9. The fraction of sp³-hybridized carbons (Fsp3) is 0.500. The standard InChI is InChI=1S/C30H39BrN4O3/c1-21-6-5-7-22(2)27(21)29(37)34-18-14-30(3,15-19-34)35-16-12-24(13-17-35)28(33-38-20-26(36)32-4)23-8-10-25(31)11-9-23/h5-11,24H,12-20H2,1-4H3,(H,32,36)/b33-28-. The van der Waals surface area contributed by atoms with Crippen LogP contribution in [0.1, 0.15) is 59.7 Å². The third-order valence-electron chi connectivity index (χ3n) is 8.25. The fourth-order valence-corrected chi connectivity index (χ4v) is 5.99. The van der Waals surface area contributed by atoms with Gasteiger partial charge in [-0.2, -0.15) is 0 Å². The topological polar surface area (TPSA) is 74.2 Å². The predicted octanol–water partition coefficient (Wildman–Crippen LogP) is 4.94. The van der Waals surface area contributed by atoms with Crippen LogP contribution >= 0.6 is 15.9 Å². The number of hydrogen-bond donors (Lipinski definition) is 1. The molecule has 0 bridgehead atoms. The Kier molecular flexibility index (Phi) is 9.26. The number of aryl methyl sites for hydroxylation is 2. The number of likely N-dealkylation sites (tertiary alicyclic amines) is 2. The molecule has 0 atom stereocenters. The second kappa shape index (κ2) is 12.4. The van der Waals surface area contributed by atoms with Gasteiger partial charge >= 0.3 is 0 Å². The highest BCUT2D eigenvalue weighted by atomic mass is 79.9. The Labute approximate surface area is 234 Å². The largest absolute Gasteiger partial charge is 0.385 e. The first kappa shape index (κ1) is 28.3. The van der Waals surface area contributed by atoms with Crippen molar-refractivity contribution in [2.24, 2.45) is 11.1 Å². The van der Waals surface area contributed by atoms with Gasteiger partial charge in [0.05, 0.1) is 5.71 Å². The highest BCUT2D eigenvalue weighted by Crippen LogP contribution is 2.34. The number of hydrogen-bond acceptors (Lipinski definition) is 5. The molecule has 2 saturated heterocycles. The van der Waals surface area contributed by atoms with Crippen LogP contribution in [0.5, 0.6) is 0 Å². The fourth-order valence-electron chi connectivity index (χ4n) is 5.73. The normalized spacial score (nSPS) is 18.8. The van der Waals surface area contributed by atoms with E-state index in [1.54, 1.807) is 7.05 Å². The van der Waals surface area contributed by atoms with E-state index in [0.717, 1.165) is 84.3 Å². The van der Waals surface area contributed by atoms with E-state index in [-0.39, 0.29) is 29.9 Å². The number of rotatable bonds is 7. The van der Waals surface area contributed by atoms with Crippen molar-refractivity contribution in [2.45, 2.75) is 52.0 Å². The van der Waals surface area contributed by atoms with Crippen LogP contribution in [0.4, 0.5) is 0 Å². The third-order valence-corrected chi connectivity index (χ3v) is 8.77. The molecule has 1 N–H and O–H groups in total. The van der Waals surface area contributed by atoms with Gasteiger partial charge < -0.3 is 15.1 Å². The van der Waals surface area contributed by atoms with Crippen LogP contribution in [0, 0.1) is 19.8 Å². The van der Waals surface area contributed by atoms with Crippen molar-refractivity contribution in [3.05, 3.63) is 69.2 Å². The zero-order chi connectivity index (χ0) is 27.3. The maximum atomic E-state index is 13.3. The molecule has 0 spiro atoms. The predicted molar refractivity (Wildman–Crippen MR) is 154 cm³/mol. The van der Waals surface area contributed by atoms with Gasteiger partial charge in [0.15, 0.2) is 6.61 Å². The molecule has 2 aromatic rings. The molecule has 2 amide bonds. The first-order valence-corrected chi connectivity index (χ1v) is 14.3. The van der Waals surface area contributed by atoms with Gasteiger partial charge in [-0.25, -0.2) is 0 Å². The molecule has 2 fully saturated rings. The van der Waals surface area contributed by atoms with E-state index in [2.05, 4.69) is 38.2 Å². The summed E-state index contributed by atoms with van der Waals surface area (Å²) in [5.74, 6) is 0.217. The van der Waals surface area contributed by atoms with Crippen LogP contribution < -0.4 is 5.32 Å². The minimum absolute atomic E-state index is 0.0765. The van der Waals surface area contributed by atoms with Gasteiger partial charge in [0.2, 0.25) is 0 Å². The monoisotopic (exact) mass is 582 g/mol. The number of nitrogens with one attached hydrogen (secondary N) is 1. The van der Waals surface area contributed by atoms with Gasteiger partial charge in [-0.05, 0) is 88.4 Å². The molecule has 2 aliphatic rings. The Balaban J connectivity index is 1.38. The van der Waals surface area contributed by atoms with E-state index >= 15 is 0 Å². The van der Waals surface area contributed by atoms with Crippen LogP contribution in [-0.2, 0) is 9.63 Å². The van der Waals surface area contributed by atoms with Crippen LogP contribution in [0.2, 0.25) is 0 Å². The lowest BCUT2D eigenvalue weighted by Gasteiger charge is -2.49. The molecule has 8 heteroatoms. The number of amides is 2. The molecule has 0 aromatic heterocycles. The molecule has 2 aromatic carbocycles. The molecule has 0 aliphatic carbocycles. The molecule has 0 saturated carbocycles. The van der Waals surface area contributed by atoms with E-state index in [0.29, 0.717) is 0 Å². The second-order valence-corrected chi connectivity index (χ2v) is 11.7. The lowest BCUT2D eigenvalue weighted by molar-refractivity contribution is -0.125. The number of benzene rings is 2. The number of halogens is 1. The molecule has 4 rings (SSSR count). The highest BCUT2D eigenvalue weighted by molar-refractivity contribution is 9.10. The maximum Gasteiger partial charge on any atom is 0.260 e. The third kappa shape index (κ3) is 6.46. The first-order chi connectivity index (χ1) is 18.2. The Morgan fingerprint density at radius 3 is 2.21 bits per heavy atom. The van der Waals surface area contributed by atoms with Crippen molar-refractivity contribution in [1.82, 2.24) is 15.1 Å². The van der Waals surface area contributed by atoms with Gasteiger partial charge in [0.1, 0.15) is 0 Å². The number of oxime groups is 1. The average Bonchev–Trinajstić information content (AvgIpc) is 2.92. The van der Waals surface area contributed by atoms with Gasteiger partial charge in [0, 0.05) is 41.6 Å². The smallest absolute Gasteiger partial charge is 0.260 e. The molecular formula is C30H39BrN4O3. The summed E-state index contributed by atoms with van der Waals surface area (Å²) in [6.45, 7) is 9.80. The van der Waals surface area contributed by atoms with E-state index in [4.69, 9.17) is 4.84 Å². The molecule has 2 aliphatic heterocycles. The molecule has 0 radical (unpaired) electrons. The number of carbonyl (C=O) groups is 2. The molecule has 2 heterocycles. The van der Waals surface area contributed by atoms with Crippen LogP contribution in [0.3, 0.4) is 0 Å². The van der Waals surface area contributed by atoms with Gasteiger partial charge in [-0.1, -0.05) is 51.4 Å². The van der Waals surface area contributed by atoms with Gasteiger partial charge in [0.25, 0.3) is 11.8 Å². The van der Waals surface area contributed by atoms with Crippen LogP contribution in [-0.4, -0.2) is 72.7 Å². The average molecular weight is 584 g/mol. The Hall–Kier alpha value is -2.71. The summed E-state index contributed by atoms with van der Waals surface area (Å²) in [6.07, 6.45) is 3.88. The maximum absolute atomic E-state index is 13.3. The summed E-state index contributed by atoms with van der Waals surface area (Å²) < 4.78 is 1.01. The zero-order valence-corrected chi connectivity index (χ0v) is 24.5. The van der Waals surface area contributed by atoms with E-state index in [1.807, 2.05) is 61.2 Å². The summed E-state index contributed by atoms with van der Waals surface area (Å²) in [5, 5.41) is 7.01. The lowest BCUT2D eigenvalue weighted by Crippen LogP contribution is -2.56. The van der Waals surface area contributed by atoms with Crippen molar-refractivity contribution in [3.8, 4) is 0 Å². The number of piperidine rings is 2.